The number of furan rings is 1. The fourth-order valence-electron chi connectivity index (χ4n) is 8.38. The van der Waals surface area contributed by atoms with Crippen LogP contribution in [0.2, 0.25) is 0 Å². The summed E-state index contributed by atoms with van der Waals surface area (Å²) in [6.07, 6.45) is 0. The molecule has 0 amide bonds. The quantitative estimate of drug-likeness (QED) is 0.173. The van der Waals surface area contributed by atoms with Gasteiger partial charge in [-0.3, -0.25) is 0 Å². The van der Waals surface area contributed by atoms with Gasteiger partial charge in [0.1, 0.15) is 11.2 Å². The summed E-state index contributed by atoms with van der Waals surface area (Å²) in [5.74, 6) is 0. The maximum absolute atomic E-state index is 6.76. The van der Waals surface area contributed by atoms with Crippen molar-refractivity contribution in [1.82, 2.24) is 4.57 Å². The standard InChI is InChI=1S/C51H38N2O/c1-33-24-26-39(27-25-33)52(50-34(2)28-38(29-35(50)3)36-14-5-4-6-15-36)41-31-45(51-46(32-41)44-20-9-12-23-49(44)54-51)37-16-13-17-40(30-37)53-47-21-10-7-18-42(47)43-19-8-11-22-48(43)53/h4-32H,1-3H3. The molecule has 0 aliphatic carbocycles. The number of fused-ring (bicyclic) bond motifs is 6. The first-order chi connectivity index (χ1) is 26.5. The van der Waals surface area contributed by atoms with Crippen molar-refractivity contribution in [3.63, 3.8) is 0 Å². The van der Waals surface area contributed by atoms with Gasteiger partial charge in [-0.25, -0.2) is 0 Å². The summed E-state index contributed by atoms with van der Waals surface area (Å²) in [4.78, 5) is 2.43. The molecule has 0 fully saturated rings. The zero-order valence-corrected chi connectivity index (χ0v) is 30.5. The van der Waals surface area contributed by atoms with E-state index in [1.165, 1.54) is 55.3 Å². The van der Waals surface area contributed by atoms with Crippen molar-refractivity contribution in [2.45, 2.75) is 20.8 Å². The van der Waals surface area contributed by atoms with E-state index in [1.54, 1.807) is 0 Å². The van der Waals surface area contributed by atoms with Crippen LogP contribution in [0.1, 0.15) is 16.7 Å². The van der Waals surface area contributed by atoms with E-state index >= 15 is 0 Å². The number of aryl methyl sites for hydroxylation is 3. The molecule has 3 heteroatoms. The Labute approximate surface area is 315 Å². The van der Waals surface area contributed by atoms with Crippen LogP contribution < -0.4 is 4.90 Å². The number of rotatable bonds is 6. The van der Waals surface area contributed by atoms with E-state index in [2.05, 4.69) is 200 Å². The molecular formula is C51H38N2O. The summed E-state index contributed by atoms with van der Waals surface area (Å²) in [5.41, 5.74) is 16.8. The van der Waals surface area contributed by atoms with Gasteiger partial charge in [0.25, 0.3) is 0 Å². The lowest BCUT2D eigenvalue weighted by molar-refractivity contribution is 0.670. The molecule has 0 unspecified atom stereocenters. The minimum atomic E-state index is 0.880. The predicted molar refractivity (Wildman–Crippen MR) is 228 cm³/mol. The normalized spacial score (nSPS) is 11.6. The zero-order valence-electron chi connectivity index (χ0n) is 30.5. The minimum Gasteiger partial charge on any atom is -0.455 e. The molecule has 0 spiro atoms. The average Bonchev–Trinajstić information content (AvgIpc) is 3.76. The highest BCUT2D eigenvalue weighted by molar-refractivity contribution is 6.12. The highest BCUT2D eigenvalue weighted by atomic mass is 16.3. The van der Waals surface area contributed by atoms with E-state index in [-0.39, 0.29) is 0 Å². The van der Waals surface area contributed by atoms with Gasteiger partial charge in [-0.1, -0.05) is 115 Å². The lowest BCUT2D eigenvalue weighted by Crippen LogP contribution is -2.13. The maximum atomic E-state index is 6.76. The smallest absolute Gasteiger partial charge is 0.143 e. The van der Waals surface area contributed by atoms with E-state index in [4.69, 9.17) is 4.42 Å². The monoisotopic (exact) mass is 694 g/mol. The molecule has 0 saturated heterocycles. The number of anilines is 3. The third kappa shape index (κ3) is 5.20. The Hall–Kier alpha value is -6.84. The van der Waals surface area contributed by atoms with Crippen LogP contribution in [0.3, 0.4) is 0 Å². The average molecular weight is 695 g/mol. The topological polar surface area (TPSA) is 21.3 Å². The third-order valence-electron chi connectivity index (χ3n) is 10.8. The maximum Gasteiger partial charge on any atom is 0.143 e. The van der Waals surface area contributed by atoms with Crippen LogP contribution in [0, 0.1) is 20.8 Å². The third-order valence-corrected chi connectivity index (χ3v) is 10.8. The number of nitrogens with zero attached hydrogens (tertiary/aromatic N) is 2. The molecule has 2 heterocycles. The molecule has 0 bridgehead atoms. The zero-order chi connectivity index (χ0) is 36.3. The number of para-hydroxylation sites is 3. The Morgan fingerprint density at radius 1 is 0.444 bits per heavy atom. The molecule has 8 aromatic carbocycles. The van der Waals surface area contributed by atoms with Crippen molar-refractivity contribution < 1.29 is 4.42 Å². The van der Waals surface area contributed by atoms with Gasteiger partial charge < -0.3 is 13.9 Å². The molecule has 0 saturated carbocycles. The number of aromatic nitrogens is 1. The van der Waals surface area contributed by atoms with Gasteiger partial charge in [-0.2, -0.15) is 0 Å². The lowest BCUT2D eigenvalue weighted by Gasteiger charge is -2.30. The molecule has 0 radical (unpaired) electrons. The summed E-state index contributed by atoms with van der Waals surface area (Å²) in [5, 5.41) is 4.69. The first-order valence-electron chi connectivity index (χ1n) is 18.6. The van der Waals surface area contributed by atoms with Crippen molar-refractivity contribution in [2.24, 2.45) is 0 Å². The lowest BCUT2D eigenvalue weighted by atomic mass is 9.96. The molecular weight excluding hydrogens is 657 g/mol. The van der Waals surface area contributed by atoms with E-state index in [1.807, 2.05) is 6.07 Å². The van der Waals surface area contributed by atoms with Crippen LogP contribution in [0.15, 0.2) is 180 Å². The molecule has 54 heavy (non-hydrogen) atoms. The molecule has 0 aliphatic heterocycles. The highest BCUT2D eigenvalue weighted by Crippen LogP contribution is 2.46. The molecule has 0 atom stereocenters. The van der Waals surface area contributed by atoms with Crippen molar-refractivity contribution in [3.8, 4) is 27.9 Å². The molecule has 2 aromatic heterocycles. The Balaban J connectivity index is 1.23. The first-order valence-corrected chi connectivity index (χ1v) is 18.6. The predicted octanol–water partition coefficient (Wildman–Crippen LogP) is 14.4. The highest BCUT2D eigenvalue weighted by Gasteiger charge is 2.23. The molecule has 3 nitrogen and oxygen atoms in total. The largest absolute Gasteiger partial charge is 0.455 e. The van der Waals surface area contributed by atoms with Crippen LogP contribution in [-0.4, -0.2) is 4.57 Å². The van der Waals surface area contributed by atoms with Gasteiger partial charge in [-0.05, 0) is 115 Å². The van der Waals surface area contributed by atoms with E-state index in [9.17, 15) is 0 Å². The van der Waals surface area contributed by atoms with Gasteiger partial charge in [0.15, 0.2) is 0 Å². The van der Waals surface area contributed by atoms with Crippen LogP contribution in [0.5, 0.6) is 0 Å². The minimum absolute atomic E-state index is 0.880. The molecule has 258 valence electrons. The van der Waals surface area contributed by atoms with Crippen molar-refractivity contribution in [3.05, 3.63) is 193 Å². The van der Waals surface area contributed by atoms with Gasteiger partial charge in [0.2, 0.25) is 0 Å². The van der Waals surface area contributed by atoms with Crippen molar-refractivity contribution in [1.29, 1.82) is 0 Å². The number of benzene rings is 8. The van der Waals surface area contributed by atoms with Gasteiger partial charge >= 0.3 is 0 Å². The SMILES string of the molecule is Cc1ccc(N(c2cc(-c3cccc(-n4c5ccccc5c5ccccc54)c3)c3oc4ccccc4c3c2)c2c(C)cc(-c3ccccc3)cc2C)cc1. The van der Waals surface area contributed by atoms with E-state index in [0.29, 0.717) is 0 Å². The summed E-state index contributed by atoms with van der Waals surface area (Å²) in [7, 11) is 0. The van der Waals surface area contributed by atoms with Crippen LogP contribution in [-0.2, 0) is 0 Å². The van der Waals surface area contributed by atoms with Crippen LogP contribution in [0.4, 0.5) is 17.1 Å². The first kappa shape index (κ1) is 31.9. The van der Waals surface area contributed by atoms with E-state index in [0.717, 1.165) is 50.1 Å². The van der Waals surface area contributed by atoms with Crippen molar-refractivity contribution >= 4 is 60.8 Å². The van der Waals surface area contributed by atoms with Crippen molar-refractivity contribution in [2.75, 3.05) is 4.90 Å². The summed E-state index contributed by atoms with van der Waals surface area (Å²) < 4.78 is 9.14. The van der Waals surface area contributed by atoms with E-state index < -0.39 is 0 Å². The number of hydrogen-bond acceptors (Lipinski definition) is 2. The Bertz CT molecular complexity index is 2940. The Kier molecular flexibility index (Phi) is 7.48. The second-order valence-corrected chi connectivity index (χ2v) is 14.4. The number of hydrogen-bond donors (Lipinski definition) is 0. The summed E-state index contributed by atoms with van der Waals surface area (Å²) in [6, 6.07) is 63.5. The summed E-state index contributed by atoms with van der Waals surface area (Å²) >= 11 is 0. The second-order valence-electron chi connectivity index (χ2n) is 14.4. The van der Waals surface area contributed by atoms with Gasteiger partial charge in [0.05, 0.1) is 16.7 Å². The van der Waals surface area contributed by atoms with Gasteiger partial charge in [-0.15, -0.1) is 0 Å². The summed E-state index contributed by atoms with van der Waals surface area (Å²) in [6.45, 7) is 6.61. The molecule has 0 N–H and O–H groups in total. The Morgan fingerprint density at radius 3 is 1.76 bits per heavy atom. The second kappa shape index (κ2) is 12.7. The fourth-order valence-corrected chi connectivity index (χ4v) is 8.38. The molecule has 10 rings (SSSR count). The van der Waals surface area contributed by atoms with Gasteiger partial charge in [0, 0.05) is 44.2 Å². The molecule has 10 aromatic rings. The van der Waals surface area contributed by atoms with Crippen LogP contribution >= 0.6 is 0 Å². The van der Waals surface area contributed by atoms with Crippen LogP contribution in [0.25, 0.3) is 71.7 Å². The molecule has 0 aliphatic rings. The Morgan fingerprint density at radius 2 is 1.06 bits per heavy atom. The fraction of sp³-hybridized carbons (Fsp3) is 0.0588.